The van der Waals surface area contributed by atoms with Gasteiger partial charge in [-0.1, -0.05) is 6.07 Å². The highest BCUT2D eigenvalue weighted by Crippen LogP contribution is 2.40. The first-order valence-corrected chi connectivity index (χ1v) is 11.8. The number of amides is 1. The zero-order valence-electron chi connectivity index (χ0n) is 19.4. The zero-order valence-corrected chi connectivity index (χ0v) is 19.4. The number of hydrogen-bond donors (Lipinski definition) is 0. The summed E-state index contributed by atoms with van der Waals surface area (Å²) in [4.78, 5) is 19.6. The minimum Gasteiger partial charge on any atom is -0.444 e. The third kappa shape index (κ3) is 4.77. The minimum atomic E-state index is -0.427. The van der Waals surface area contributed by atoms with Crippen LogP contribution in [0, 0.1) is 6.92 Å². The van der Waals surface area contributed by atoms with Gasteiger partial charge in [-0.2, -0.15) is 0 Å². The van der Waals surface area contributed by atoms with E-state index in [1.165, 1.54) is 62.1 Å². The van der Waals surface area contributed by atoms with E-state index in [1.54, 1.807) is 0 Å². The van der Waals surface area contributed by atoms with Crippen LogP contribution in [-0.4, -0.2) is 59.8 Å². The monoisotopic (exact) mass is 413 g/mol. The van der Waals surface area contributed by atoms with E-state index in [1.807, 2.05) is 25.7 Å². The molecule has 0 aromatic heterocycles. The molecule has 30 heavy (non-hydrogen) atoms. The fourth-order valence-corrected chi connectivity index (χ4v) is 5.55. The quantitative estimate of drug-likeness (QED) is 0.702. The minimum absolute atomic E-state index is 0.157. The van der Waals surface area contributed by atoms with Crippen molar-refractivity contribution in [3.05, 3.63) is 29.3 Å². The van der Waals surface area contributed by atoms with Gasteiger partial charge >= 0.3 is 6.09 Å². The molecule has 3 saturated heterocycles. The van der Waals surface area contributed by atoms with Gasteiger partial charge in [0.05, 0.1) is 0 Å². The molecule has 0 bridgehead atoms. The van der Waals surface area contributed by atoms with Gasteiger partial charge in [0.2, 0.25) is 0 Å². The number of benzene rings is 1. The maximum Gasteiger partial charge on any atom is 0.410 e. The number of carbonyl (C=O) groups excluding carboxylic acids is 1. The van der Waals surface area contributed by atoms with Gasteiger partial charge in [-0.3, -0.25) is 4.90 Å². The highest BCUT2D eigenvalue weighted by Gasteiger charge is 2.44. The number of aryl methyl sites for hydroxylation is 1. The number of carbonyl (C=O) groups is 1. The van der Waals surface area contributed by atoms with Crippen molar-refractivity contribution in [1.82, 2.24) is 9.80 Å². The number of ether oxygens (including phenoxy) is 1. The van der Waals surface area contributed by atoms with Crippen molar-refractivity contribution in [2.24, 2.45) is 0 Å². The second kappa shape index (κ2) is 8.41. The molecule has 1 amide bonds. The van der Waals surface area contributed by atoms with Gasteiger partial charge in [0.25, 0.3) is 0 Å². The maximum atomic E-state index is 12.5. The van der Waals surface area contributed by atoms with Crippen LogP contribution in [0.4, 0.5) is 10.5 Å². The van der Waals surface area contributed by atoms with Crippen molar-refractivity contribution in [2.45, 2.75) is 83.9 Å². The molecular formula is C25H39N3O2. The molecule has 0 radical (unpaired) electrons. The maximum absolute atomic E-state index is 12.5. The molecule has 0 N–H and O–H groups in total. The third-order valence-corrected chi connectivity index (χ3v) is 7.05. The molecule has 0 unspecified atom stereocenters. The largest absolute Gasteiger partial charge is 0.444 e. The summed E-state index contributed by atoms with van der Waals surface area (Å²) in [5.41, 5.74) is 4.02. The number of anilines is 1. The summed E-state index contributed by atoms with van der Waals surface area (Å²) < 4.78 is 5.59. The van der Waals surface area contributed by atoms with E-state index >= 15 is 0 Å². The molecule has 1 spiro atoms. The molecule has 0 aliphatic carbocycles. The smallest absolute Gasteiger partial charge is 0.410 e. The number of nitrogens with zero attached hydrogens (tertiary/aromatic N) is 3. The molecule has 3 heterocycles. The lowest BCUT2D eigenvalue weighted by Crippen LogP contribution is -2.53. The SMILES string of the molecule is Cc1cc(CN2CCCC23CCN(C(=O)OC(C)(C)C)CC3)cc(N2CCCC2)c1. The molecule has 4 rings (SSSR count). The third-order valence-electron chi connectivity index (χ3n) is 7.05. The van der Waals surface area contributed by atoms with Crippen LogP contribution in [0.5, 0.6) is 0 Å². The first-order chi connectivity index (χ1) is 14.2. The number of rotatable bonds is 3. The summed E-state index contributed by atoms with van der Waals surface area (Å²) in [5, 5.41) is 0. The first-order valence-electron chi connectivity index (χ1n) is 11.8. The molecule has 3 aliphatic rings. The molecular weight excluding hydrogens is 374 g/mol. The van der Waals surface area contributed by atoms with Crippen LogP contribution < -0.4 is 4.90 Å². The van der Waals surface area contributed by atoms with Crippen molar-refractivity contribution < 1.29 is 9.53 Å². The number of likely N-dealkylation sites (tertiary alicyclic amines) is 2. The fourth-order valence-electron chi connectivity index (χ4n) is 5.55. The van der Waals surface area contributed by atoms with Crippen LogP contribution in [0.15, 0.2) is 18.2 Å². The summed E-state index contributed by atoms with van der Waals surface area (Å²) in [7, 11) is 0. The van der Waals surface area contributed by atoms with E-state index in [9.17, 15) is 4.79 Å². The fraction of sp³-hybridized carbons (Fsp3) is 0.720. The molecule has 0 saturated carbocycles. The van der Waals surface area contributed by atoms with Crippen LogP contribution in [0.1, 0.15) is 70.4 Å². The van der Waals surface area contributed by atoms with E-state index in [0.717, 1.165) is 32.5 Å². The van der Waals surface area contributed by atoms with E-state index in [4.69, 9.17) is 4.74 Å². The lowest BCUT2D eigenvalue weighted by Gasteiger charge is -2.45. The Hall–Kier alpha value is -1.75. The molecule has 5 heteroatoms. The van der Waals surface area contributed by atoms with E-state index < -0.39 is 5.60 Å². The summed E-state index contributed by atoms with van der Waals surface area (Å²) >= 11 is 0. The Balaban J connectivity index is 1.42. The number of hydrogen-bond acceptors (Lipinski definition) is 4. The molecule has 5 nitrogen and oxygen atoms in total. The molecule has 3 aliphatic heterocycles. The van der Waals surface area contributed by atoms with Crippen molar-refractivity contribution in [1.29, 1.82) is 0 Å². The predicted molar refractivity (Wildman–Crippen MR) is 122 cm³/mol. The topological polar surface area (TPSA) is 36.0 Å². The summed E-state index contributed by atoms with van der Waals surface area (Å²) in [5.74, 6) is 0. The van der Waals surface area contributed by atoms with E-state index in [0.29, 0.717) is 0 Å². The van der Waals surface area contributed by atoms with Crippen molar-refractivity contribution >= 4 is 11.8 Å². The second-order valence-electron chi connectivity index (χ2n) is 10.6. The lowest BCUT2D eigenvalue weighted by molar-refractivity contribution is 0.00164. The first kappa shape index (κ1) is 21.5. The Bertz CT molecular complexity index is 756. The predicted octanol–water partition coefficient (Wildman–Crippen LogP) is 4.96. The van der Waals surface area contributed by atoms with Crippen molar-refractivity contribution in [3.8, 4) is 0 Å². The van der Waals surface area contributed by atoms with Crippen LogP contribution in [0.3, 0.4) is 0 Å². The molecule has 1 aromatic rings. The van der Waals surface area contributed by atoms with Crippen LogP contribution in [0.25, 0.3) is 0 Å². The Morgan fingerprint density at radius 2 is 1.67 bits per heavy atom. The Labute approximate surface area is 182 Å². The van der Waals surface area contributed by atoms with Crippen LogP contribution in [0.2, 0.25) is 0 Å². The van der Waals surface area contributed by atoms with Gasteiger partial charge in [-0.05, 0) is 96.0 Å². The Kier molecular flexibility index (Phi) is 6.02. The molecule has 3 fully saturated rings. The van der Waals surface area contributed by atoms with Gasteiger partial charge in [0, 0.05) is 44.0 Å². The second-order valence-corrected chi connectivity index (χ2v) is 10.6. The average Bonchev–Trinajstić information content (AvgIpc) is 3.32. The standard InChI is InChI=1S/C25H39N3O2/c1-20-16-21(18-22(17-20)26-11-5-6-12-26)19-28-13-7-8-25(28)9-14-27(15-10-25)23(29)30-24(2,3)4/h16-18H,5-15,19H2,1-4H3. The lowest BCUT2D eigenvalue weighted by atomic mass is 9.85. The normalized spacial score (nSPS) is 22.1. The highest BCUT2D eigenvalue weighted by molar-refractivity contribution is 5.68. The molecule has 1 aromatic carbocycles. The van der Waals surface area contributed by atoms with E-state index in [2.05, 4.69) is 34.9 Å². The van der Waals surface area contributed by atoms with Crippen LogP contribution >= 0.6 is 0 Å². The van der Waals surface area contributed by atoms with Gasteiger partial charge < -0.3 is 14.5 Å². The molecule has 166 valence electrons. The van der Waals surface area contributed by atoms with Crippen molar-refractivity contribution in [3.63, 3.8) is 0 Å². The van der Waals surface area contributed by atoms with Gasteiger partial charge in [-0.25, -0.2) is 4.79 Å². The summed E-state index contributed by atoms with van der Waals surface area (Å²) in [6.07, 6.45) is 7.08. The highest BCUT2D eigenvalue weighted by atomic mass is 16.6. The summed E-state index contributed by atoms with van der Waals surface area (Å²) in [6.45, 7) is 14.2. The van der Waals surface area contributed by atoms with Crippen molar-refractivity contribution in [2.75, 3.05) is 37.6 Å². The van der Waals surface area contributed by atoms with Gasteiger partial charge in [0.15, 0.2) is 0 Å². The van der Waals surface area contributed by atoms with E-state index in [-0.39, 0.29) is 11.6 Å². The molecule has 0 atom stereocenters. The van der Waals surface area contributed by atoms with Gasteiger partial charge in [-0.15, -0.1) is 0 Å². The average molecular weight is 414 g/mol. The Morgan fingerprint density at radius 3 is 2.33 bits per heavy atom. The number of piperidine rings is 1. The van der Waals surface area contributed by atoms with Crippen LogP contribution in [-0.2, 0) is 11.3 Å². The summed E-state index contributed by atoms with van der Waals surface area (Å²) in [6, 6.07) is 7.12. The Morgan fingerprint density at radius 1 is 0.967 bits per heavy atom. The van der Waals surface area contributed by atoms with Gasteiger partial charge in [0.1, 0.15) is 5.60 Å². The zero-order chi connectivity index (χ0) is 21.4.